The summed E-state index contributed by atoms with van der Waals surface area (Å²) in [7, 11) is 1.68. The average molecular weight is 189 g/mol. The zero-order valence-electron chi connectivity index (χ0n) is 7.82. The van der Waals surface area contributed by atoms with Gasteiger partial charge in [-0.05, 0) is 12.2 Å². The highest BCUT2D eigenvalue weighted by atomic mass is 32.1. The van der Waals surface area contributed by atoms with Gasteiger partial charge in [-0.25, -0.2) is 0 Å². The number of carbonyl (C=O) groups excluding carboxylic acids is 1. The Bertz CT molecular complexity index is 186. The zero-order valence-corrected chi connectivity index (χ0v) is 8.63. The van der Waals surface area contributed by atoms with Crippen molar-refractivity contribution in [2.45, 2.75) is 20.8 Å². The van der Waals surface area contributed by atoms with Gasteiger partial charge in [-0.2, -0.15) is 0 Å². The lowest BCUT2D eigenvalue weighted by molar-refractivity contribution is -0.129. The summed E-state index contributed by atoms with van der Waals surface area (Å²) in [6.07, 6.45) is 0. The maximum atomic E-state index is 11.2. The van der Waals surface area contributed by atoms with Crippen LogP contribution in [0.15, 0.2) is 0 Å². The second-order valence-corrected chi connectivity index (χ2v) is 3.82. The largest absolute Gasteiger partial charge is 0.364 e. The first-order chi connectivity index (χ1) is 5.38. The molecular weight excluding hydrogens is 174 g/mol. The molecule has 70 valence electrons. The predicted molar refractivity (Wildman–Crippen MR) is 52.4 cm³/mol. The fraction of sp³-hybridized carbons (Fsp3) is 0.714. The van der Waals surface area contributed by atoms with Crippen molar-refractivity contribution in [1.82, 2.24) is 16.2 Å². The van der Waals surface area contributed by atoms with Gasteiger partial charge >= 0.3 is 0 Å². The summed E-state index contributed by atoms with van der Waals surface area (Å²) in [5, 5.41) is 3.07. The van der Waals surface area contributed by atoms with Crippen molar-refractivity contribution in [1.29, 1.82) is 0 Å². The Morgan fingerprint density at radius 1 is 1.25 bits per heavy atom. The number of thiocarbonyl (C=S) groups is 1. The highest BCUT2D eigenvalue weighted by molar-refractivity contribution is 7.80. The van der Waals surface area contributed by atoms with E-state index in [-0.39, 0.29) is 5.91 Å². The van der Waals surface area contributed by atoms with Crippen LogP contribution in [0.4, 0.5) is 0 Å². The lowest BCUT2D eigenvalue weighted by Crippen LogP contribution is -2.49. The molecule has 0 fully saturated rings. The summed E-state index contributed by atoms with van der Waals surface area (Å²) >= 11 is 4.76. The molecule has 0 atom stereocenters. The van der Waals surface area contributed by atoms with Crippen LogP contribution in [0.3, 0.4) is 0 Å². The lowest BCUT2D eigenvalue weighted by Gasteiger charge is -2.18. The summed E-state index contributed by atoms with van der Waals surface area (Å²) in [6, 6.07) is 0. The first-order valence-corrected chi connectivity index (χ1v) is 4.07. The molecule has 5 heteroatoms. The van der Waals surface area contributed by atoms with Gasteiger partial charge in [0.25, 0.3) is 0 Å². The maximum Gasteiger partial charge on any atom is 0.243 e. The van der Waals surface area contributed by atoms with Gasteiger partial charge in [-0.1, -0.05) is 20.8 Å². The first kappa shape index (κ1) is 11.2. The molecule has 0 saturated heterocycles. The van der Waals surface area contributed by atoms with E-state index in [1.54, 1.807) is 7.05 Å². The molecule has 0 unspecified atom stereocenters. The van der Waals surface area contributed by atoms with Crippen molar-refractivity contribution in [3.8, 4) is 0 Å². The molecular formula is C7H15N3OS. The molecule has 0 aromatic heterocycles. The Morgan fingerprint density at radius 3 is 2.08 bits per heavy atom. The van der Waals surface area contributed by atoms with E-state index in [0.29, 0.717) is 5.11 Å². The third-order valence-corrected chi connectivity index (χ3v) is 1.50. The molecule has 0 radical (unpaired) electrons. The lowest BCUT2D eigenvalue weighted by atomic mass is 9.96. The minimum Gasteiger partial charge on any atom is -0.364 e. The van der Waals surface area contributed by atoms with Gasteiger partial charge in [-0.15, -0.1) is 0 Å². The molecule has 12 heavy (non-hydrogen) atoms. The van der Waals surface area contributed by atoms with Gasteiger partial charge in [-0.3, -0.25) is 15.6 Å². The van der Waals surface area contributed by atoms with Crippen LogP contribution in [0.2, 0.25) is 0 Å². The summed E-state index contributed by atoms with van der Waals surface area (Å²) in [6.45, 7) is 5.48. The Balaban J connectivity index is 3.81. The second kappa shape index (κ2) is 4.25. The van der Waals surface area contributed by atoms with E-state index in [1.165, 1.54) is 0 Å². The number of nitrogens with one attached hydrogen (secondary N) is 3. The third kappa shape index (κ3) is 4.12. The van der Waals surface area contributed by atoms with Crippen molar-refractivity contribution in [3.05, 3.63) is 0 Å². The molecule has 0 aromatic carbocycles. The fourth-order valence-corrected chi connectivity index (χ4v) is 0.415. The van der Waals surface area contributed by atoms with Gasteiger partial charge in [0.1, 0.15) is 0 Å². The number of carbonyl (C=O) groups is 1. The smallest absolute Gasteiger partial charge is 0.243 e. The highest BCUT2D eigenvalue weighted by Crippen LogP contribution is 2.11. The van der Waals surface area contributed by atoms with Gasteiger partial charge in [0, 0.05) is 12.5 Å². The van der Waals surface area contributed by atoms with E-state index in [9.17, 15) is 4.79 Å². The number of rotatable bonds is 0. The Morgan fingerprint density at radius 2 is 1.75 bits per heavy atom. The summed E-state index contributed by atoms with van der Waals surface area (Å²) in [5.74, 6) is -0.0971. The maximum absolute atomic E-state index is 11.2. The predicted octanol–water partition coefficient (Wildman–Crippen LogP) is 0.158. The summed E-state index contributed by atoms with van der Waals surface area (Å²) in [4.78, 5) is 11.2. The van der Waals surface area contributed by atoms with Crippen LogP contribution in [0.5, 0.6) is 0 Å². The summed E-state index contributed by atoms with van der Waals surface area (Å²) < 4.78 is 0. The molecule has 1 amide bonds. The van der Waals surface area contributed by atoms with E-state index in [0.717, 1.165) is 0 Å². The quantitative estimate of drug-likeness (QED) is 0.375. The first-order valence-electron chi connectivity index (χ1n) is 3.66. The van der Waals surface area contributed by atoms with Crippen molar-refractivity contribution in [2.75, 3.05) is 7.05 Å². The van der Waals surface area contributed by atoms with E-state index in [2.05, 4.69) is 16.2 Å². The highest BCUT2D eigenvalue weighted by Gasteiger charge is 2.20. The Labute approximate surface area is 78.1 Å². The molecule has 0 aliphatic rings. The fourth-order valence-electron chi connectivity index (χ4n) is 0.364. The van der Waals surface area contributed by atoms with Crippen LogP contribution in [0.25, 0.3) is 0 Å². The van der Waals surface area contributed by atoms with Crippen LogP contribution >= 0.6 is 12.2 Å². The van der Waals surface area contributed by atoms with Crippen molar-refractivity contribution < 1.29 is 4.79 Å². The molecule has 0 aliphatic carbocycles. The van der Waals surface area contributed by atoms with E-state index in [4.69, 9.17) is 12.2 Å². The number of hydrazine groups is 1. The monoisotopic (exact) mass is 189 g/mol. The average Bonchev–Trinajstić information content (AvgIpc) is 1.97. The van der Waals surface area contributed by atoms with Gasteiger partial charge in [0.05, 0.1) is 0 Å². The van der Waals surface area contributed by atoms with Crippen molar-refractivity contribution >= 4 is 23.2 Å². The van der Waals surface area contributed by atoms with E-state index >= 15 is 0 Å². The molecule has 0 aromatic rings. The van der Waals surface area contributed by atoms with Gasteiger partial charge in [0.15, 0.2) is 5.11 Å². The van der Waals surface area contributed by atoms with Crippen LogP contribution in [0.1, 0.15) is 20.8 Å². The van der Waals surface area contributed by atoms with E-state index in [1.807, 2.05) is 20.8 Å². The van der Waals surface area contributed by atoms with Crippen LogP contribution in [-0.4, -0.2) is 18.1 Å². The third-order valence-electron chi connectivity index (χ3n) is 1.20. The molecule has 0 aliphatic heterocycles. The second-order valence-electron chi connectivity index (χ2n) is 3.41. The van der Waals surface area contributed by atoms with Crippen LogP contribution in [0, 0.1) is 5.41 Å². The number of hydrogen-bond acceptors (Lipinski definition) is 2. The minimum atomic E-state index is -0.406. The number of amides is 1. The zero-order chi connectivity index (χ0) is 9.78. The molecule has 0 saturated carbocycles. The van der Waals surface area contributed by atoms with Gasteiger partial charge < -0.3 is 5.32 Å². The molecule has 4 nitrogen and oxygen atoms in total. The molecule has 0 spiro atoms. The van der Waals surface area contributed by atoms with Crippen molar-refractivity contribution in [3.63, 3.8) is 0 Å². The van der Waals surface area contributed by atoms with Crippen LogP contribution < -0.4 is 16.2 Å². The molecule has 0 heterocycles. The normalized spacial score (nSPS) is 10.3. The molecule has 3 N–H and O–H groups in total. The summed E-state index contributed by atoms with van der Waals surface area (Å²) in [5.41, 5.74) is 4.63. The van der Waals surface area contributed by atoms with Crippen LogP contribution in [-0.2, 0) is 4.79 Å². The minimum absolute atomic E-state index is 0.0971. The molecule has 0 rings (SSSR count). The Kier molecular flexibility index (Phi) is 3.95. The molecule has 0 bridgehead atoms. The van der Waals surface area contributed by atoms with Gasteiger partial charge in [0.2, 0.25) is 5.91 Å². The Hall–Kier alpha value is -0.840. The topological polar surface area (TPSA) is 53.2 Å². The SMILES string of the molecule is CNC(=S)NNC(=O)C(C)(C)C. The number of hydrogen-bond donors (Lipinski definition) is 3. The standard InChI is InChI=1S/C7H15N3OS/c1-7(2,3)5(11)9-10-6(12)8-4/h1-4H3,(H,9,11)(H2,8,10,12). The van der Waals surface area contributed by atoms with Crippen molar-refractivity contribution in [2.24, 2.45) is 5.41 Å². The van der Waals surface area contributed by atoms with E-state index < -0.39 is 5.41 Å².